The van der Waals surface area contributed by atoms with E-state index in [-0.39, 0.29) is 0 Å². The fraction of sp³-hybridized carbons (Fsp3) is 0.441. The summed E-state index contributed by atoms with van der Waals surface area (Å²) >= 11 is 0. The van der Waals surface area contributed by atoms with Crippen LogP contribution in [0.25, 0.3) is 0 Å². The van der Waals surface area contributed by atoms with Gasteiger partial charge in [-0.05, 0) is 60.2 Å². The van der Waals surface area contributed by atoms with E-state index in [0.29, 0.717) is 5.04 Å². The van der Waals surface area contributed by atoms with Crippen molar-refractivity contribution in [1.82, 2.24) is 0 Å². The predicted molar refractivity (Wildman–Crippen MR) is 171 cm³/mol. The molecule has 200 valence electrons. The Morgan fingerprint density at radius 3 is 1.38 bits per heavy atom. The molecular weight excluding hydrogens is 483 g/mol. The van der Waals surface area contributed by atoms with Crippen LogP contribution in [0, 0.1) is 0 Å². The van der Waals surface area contributed by atoms with Crippen molar-refractivity contribution in [3.05, 3.63) is 91.0 Å². The van der Waals surface area contributed by atoms with E-state index >= 15 is 0 Å². The van der Waals surface area contributed by atoms with Gasteiger partial charge in [-0.25, -0.2) is 0 Å². The van der Waals surface area contributed by atoms with Gasteiger partial charge in [-0.3, -0.25) is 0 Å². The Morgan fingerprint density at radius 2 is 0.973 bits per heavy atom. The normalized spacial score (nSPS) is 12.5. The van der Waals surface area contributed by atoms with Crippen LogP contribution in [0.4, 0.5) is 0 Å². The average Bonchev–Trinajstić information content (AvgIpc) is 2.90. The molecule has 0 heterocycles. The van der Waals surface area contributed by atoms with Crippen LogP contribution in [0.3, 0.4) is 0 Å². The van der Waals surface area contributed by atoms with Gasteiger partial charge in [-0.1, -0.05) is 150 Å². The summed E-state index contributed by atoms with van der Waals surface area (Å²) in [5, 5.41) is 4.66. The van der Waals surface area contributed by atoms with Crippen molar-refractivity contribution in [2.45, 2.75) is 90.3 Å². The SMILES string of the molecule is CC(C)(C)[Si](C)(C)OCCCCCCCCCC=P(c1ccccc1)(c1ccccc1)c1ccccc1. The monoisotopic (exact) mass is 532 g/mol. The Morgan fingerprint density at radius 1 is 0.595 bits per heavy atom. The van der Waals surface area contributed by atoms with E-state index in [1.807, 2.05) is 0 Å². The van der Waals surface area contributed by atoms with Crippen LogP contribution in [-0.2, 0) is 4.43 Å². The van der Waals surface area contributed by atoms with E-state index in [1.165, 1.54) is 60.9 Å². The number of rotatable bonds is 14. The smallest absolute Gasteiger partial charge is 0.191 e. The highest BCUT2D eigenvalue weighted by Crippen LogP contribution is 2.44. The maximum absolute atomic E-state index is 6.33. The number of hydrogen-bond donors (Lipinski definition) is 0. The largest absolute Gasteiger partial charge is 0.417 e. The first-order chi connectivity index (χ1) is 17.8. The van der Waals surface area contributed by atoms with Crippen LogP contribution < -0.4 is 15.9 Å². The van der Waals surface area contributed by atoms with Crippen LogP contribution in [0.5, 0.6) is 0 Å². The second kappa shape index (κ2) is 14.3. The van der Waals surface area contributed by atoms with E-state index in [0.717, 1.165) is 13.0 Å². The standard InChI is InChI=1S/C34H49OPSi/c1-34(2,3)37(4,5)35-29-21-10-8-6-7-9-11-22-30-36(31-23-15-12-16-24-31,32-25-17-13-18-26-32)33-27-19-14-20-28-33/h12-20,23-28,30H,6-11,21-22,29H2,1-5H3. The fourth-order valence-electron chi connectivity index (χ4n) is 4.71. The molecule has 0 fully saturated rings. The molecule has 0 atom stereocenters. The van der Waals surface area contributed by atoms with Gasteiger partial charge in [0.2, 0.25) is 0 Å². The zero-order valence-electron chi connectivity index (χ0n) is 24.0. The Bertz CT molecular complexity index is 982. The predicted octanol–water partition coefficient (Wildman–Crippen LogP) is 8.93. The molecule has 0 aliphatic carbocycles. The van der Waals surface area contributed by atoms with Gasteiger partial charge >= 0.3 is 0 Å². The van der Waals surface area contributed by atoms with Gasteiger partial charge in [0.05, 0.1) is 0 Å². The first-order valence-corrected chi connectivity index (χ1v) is 19.1. The van der Waals surface area contributed by atoms with Crippen LogP contribution in [0.15, 0.2) is 91.0 Å². The molecule has 0 aliphatic rings. The zero-order valence-corrected chi connectivity index (χ0v) is 25.9. The lowest BCUT2D eigenvalue weighted by Crippen LogP contribution is -2.40. The Labute approximate surface area is 228 Å². The van der Waals surface area contributed by atoms with Crippen molar-refractivity contribution in [1.29, 1.82) is 0 Å². The quantitative estimate of drug-likeness (QED) is 0.114. The van der Waals surface area contributed by atoms with Gasteiger partial charge < -0.3 is 4.43 Å². The summed E-state index contributed by atoms with van der Waals surface area (Å²) < 4.78 is 6.33. The highest BCUT2D eigenvalue weighted by Gasteiger charge is 2.36. The summed E-state index contributed by atoms with van der Waals surface area (Å²) in [7, 11) is -1.59. The highest BCUT2D eigenvalue weighted by atomic mass is 31.2. The summed E-state index contributed by atoms with van der Waals surface area (Å²) in [5.41, 5.74) is 0. The Balaban J connectivity index is 1.56. The molecule has 3 heteroatoms. The summed E-state index contributed by atoms with van der Waals surface area (Å²) in [6, 6.07) is 33.6. The molecule has 3 aromatic rings. The summed E-state index contributed by atoms with van der Waals surface area (Å²) in [6.45, 7) is 10.8. The van der Waals surface area contributed by atoms with Crippen LogP contribution >= 0.6 is 6.89 Å². The third-order valence-electron chi connectivity index (χ3n) is 8.01. The lowest BCUT2D eigenvalue weighted by Gasteiger charge is -2.36. The lowest BCUT2D eigenvalue weighted by molar-refractivity contribution is 0.277. The van der Waals surface area contributed by atoms with Gasteiger partial charge in [0.1, 0.15) is 0 Å². The second-order valence-corrected chi connectivity index (χ2v) is 20.0. The van der Waals surface area contributed by atoms with Gasteiger partial charge in [-0.2, -0.15) is 0 Å². The van der Waals surface area contributed by atoms with E-state index < -0.39 is 15.2 Å². The van der Waals surface area contributed by atoms with Crippen molar-refractivity contribution in [2.75, 3.05) is 6.61 Å². The molecule has 0 saturated carbocycles. The van der Waals surface area contributed by atoms with Crippen LogP contribution in [-0.4, -0.2) is 20.7 Å². The van der Waals surface area contributed by atoms with E-state index in [1.54, 1.807) is 0 Å². The molecule has 3 aromatic carbocycles. The molecule has 0 radical (unpaired) electrons. The molecule has 0 saturated heterocycles. The van der Waals surface area contributed by atoms with E-state index in [9.17, 15) is 0 Å². The first kappa shape index (κ1) is 29.7. The molecular formula is C34H49OPSi. The van der Waals surface area contributed by atoms with Gasteiger partial charge in [0.15, 0.2) is 8.32 Å². The molecule has 0 aliphatic heterocycles. The van der Waals surface area contributed by atoms with Crippen molar-refractivity contribution < 1.29 is 4.43 Å². The highest BCUT2D eigenvalue weighted by molar-refractivity contribution is 7.94. The summed E-state index contributed by atoms with van der Waals surface area (Å²) in [5.74, 6) is 2.69. The molecule has 1 nitrogen and oxygen atoms in total. The number of unbranched alkanes of at least 4 members (excludes halogenated alkanes) is 7. The molecule has 0 unspecified atom stereocenters. The minimum absolute atomic E-state index is 0.311. The van der Waals surface area contributed by atoms with Crippen molar-refractivity contribution in [2.24, 2.45) is 0 Å². The van der Waals surface area contributed by atoms with Gasteiger partial charge in [0, 0.05) is 6.61 Å². The molecule has 0 bridgehead atoms. The number of benzene rings is 3. The molecule has 0 spiro atoms. The topological polar surface area (TPSA) is 9.23 Å². The minimum Gasteiger partial charge on any atom is -0.417 e. The minimum atomic E-state index is -1.79. The molecule has 0 N–H and O–H groups in total. The average molecular weight is 533 g/mol. The van der Waals surface area contributed by atoms with Crippen molar-refractivity contribution in [3.8, 4) is 0 Å². The van der Waals surface area contributed by atoms with Crippen LogP contribution in [0.2, 0.25) is 18.1 Å². The Kier molecular flexibility index (Phi) is 11.5. The third kappa shape index (κ3) is 8.31. The molecule has 3 rings (SSSR count). The van der Waals surface area contributed by atoms with E-state index in [2.05, 4.69) is 131 Å². The van der Waals surface area contributed by atoms with Gasteiger partial charge in [0.25, 0.3) is 0 Å². The zero-order chi connectivity index (χ0) is 26.6. The molecule has 37 heavy (non-hydrogen) atoms. The van der Waals surface area contributed by atoms with Gasteiger partial charge in [-0.15, -0.1) is 0 Å². The lowest BCUT2D eigenvalue weighted by atomic mass is 10.1. The second-order valence-electron chi connectivity index (χ2n) is 11.8. The summed E-state index contributed by atoms with van der Waals surface area (Å²) in [4.78, 5) is 0. The Hall–Kier alpha value is -1.86. The maximum atomic E-state index is 6.33. The summed E-state index contributed by atoms with van der Waals surface area (Å²) in [6.07, 6.45) is 10.3. The fourth-order valence-corrected chi connectivity index (χ4v) is 9.82. The van der Waals surface area contributed by atoms with Crippen molar-refractivity contribution >= 4 is 36.9 Å². The third-order valence-corrected chi connectivity index (χ3v) is 16.7. The van der Waals surface area contributed by atoms with E-state index in [4.69, 9.17) is 4.43 Å². The maximum Gasteiger partial charge on any atom is 0.191 e. The molecule has 0 aromatic heterocycles. The van der Waals surface area contributed by atoms with Crippen LogP contribution in [0.1, 0.15) is 72.1 Å². The first-order valence-electron chi connectivity index (χ1n) is 14.3. The van der Waals surface area contributed by atoms with Crippen molar-refractivity contribution in [3.63, 3.8) is 0 Å². The number of hydrogen-bond acceptors (Lipinski definition) is 1. The molecule has 0 amide bonds.